The molecule has 4 nitrogen and oxygen atoms in total. The van der Waals surface area contributed by atoms with Crippen molar-refractivity contribution in [3.63, 3.8) is 0 Å². The van der Waals surface area contributed by atoms with E-state index in [2.05, 4.69) is 70.5 Å². The summed E-state index contributed by atoms with van der Waals surface area (Å²) in [5.41, 5.74) is 3.28. The number of rotatable bonds is 5. The van der Waals surface area contributed by atoms with E-state index in [1.807, 2.05) is 12.3 Å². The molecular weight excluding hydrogens is 360 g/mol. The molecule has 146 valence electrons. The van der Waals surface area contributed by atoms with Crippen LogP contribution in [0.25, 0.3) is 32.8 Å². The molecule has 1 fully saturated rings. The number of morpholine rings is 1. The van der Waals surface area contributed by atoms with Crippen molar-refractivity contribution in [3.05, 3.63) is 72.9 Å². The van der Waals surface area contributed by atoms with Crippen LogP contribution in [0, 0.1) is 0 Å². The summed E-state index contributed by atoms with van der Waals surface area (Å²) in [6.45, 7) is 5.16. The van der Waals surface area contributed by atoms with E-state index in [0.717, 1.165) is 55.1 Å². The quantitative estimate of drug-likeness (QED) is 0.497. The monoisotopic (exact) mass is 384 g/mol. The Morgan fingerprint density at radius 1 is 0.897 bits per heavy atom. The van der Waals surface area contributed by atoms with Crippen molar-refractivity contribution >= 4 is 21.7 Å². The van der Waals surface area contributed by atoms with E-state index < -0.39 is 0 Å². The molecule has 0 unspecified atom stereocenters. The standard InChI is InChI=1S/C25H24N2O2/c1-2-5-20-18-21(9-8-19(20)4-1)22-6-3-7-23-24(10-11-26-25(22)23)29-17-14-27-12-15-28-16-13-27/h1-11,18H,12-17H2. The number of pyridine rings is 1. The summed E-state index contributed by atoms with van der Waals surface area (Å²) in [6.07, 6.45) is 1.84. The molecule has 1 saturated heterocycles. The third-order valence-corrected chi connectivity index (χ3v) is 5.56. The van der Waals surface area contributed by atoms with Gasteiger partial charge in [0.25, 0.3) is 0 Å². The molecule has 5 rings (SSSR count). The number of hydrogen-bond acceptors (Lipinski definition) is 4. The second-order valence-electron chi connectivity index (χ2n) is 7.38. The minimum absolute atomic E-state index is 0.666. The molecule has 29 heavy (non-hydrogen) atoms. The molecule has 0 bridgehead atoms. The molecular formula is C25H24N2O2. The zero-order chi connectivity index (χ0) is 19.5. The Bertz CT molecular complexity index is 1140. The highest BCUT2D eigenvalue weighted by Crippen LogP contribution is 2.33. The van der Waals surface area contributed by atoms with Crippen molar-refractivity contribution in [1.82, 2.24) is 9.88 Å². The van der Waals surface area contributed by atoms with Crippen LogP contribution in [0.3, 0.4) is 0 Å². The average Bonchev–Trinajstić information content (AvgIpc) is 2.79. The first-order valence-electron chi connectivity index (χ1n) is 10.2. The first kappa shape index (κ1) is 18.1. The number of benzene rings is 3. The molecule has 3 aromatic carbocycles. The van der Waals surface area contributed by atoms with Crippen LogP contribution in [0.4, 0.5) is 0 Å². The fraction of sp³-hybridized carbons (Fsp3) is 0.240. The lowest BCUT2D eigenvalue weighted by Crippen LogP contribution is -2.38. The van der Waals surface area contributed by atoms with Crippen LogP contribution in [0.5, 0.6) is 5.75 Å². The van der Waals surface area contributed by atoms with Crippen LogP contribution in [0.1, 0.15) is 0 Å². The molecule has 0 radical (unpaired) electrons. The summed E-state index contributed by atoms with van der Waals surface area (Å²) in [6, 6.07) is 23.3. The van der Waals surface area contributed by atoms with Crippen molar-refractivity contribution in [2.45, 2.75) is 0 Å². The molecule has 1 aliphatic heterocycles. The van der Waals surface area contributed by atoms with Gasteiger partial charge in [-0.1, -0.05) is 48.5 Å². The van der Waals surface area contributed by atoms with Gasteiger partial charge in [0.2, 0.25) is 0 Å². The van der Waals surface area contributed by atoms with Crippen molar-refractivity contribution in [2.75, 3.05) is 39.5 Å². The highest BCUT2D eigenvalue weighted by Gasteiger charge is 2.12. The van der Waals surface area contributed by atoms with Gasteiger partial charge in [-0.05, 0) is 34.5 Å². The topological polar surface area (TPSA) is 34.6 Å². The number of nitrogens with zero attached hydrogens (tertiary/aromatic N) is 2. The van der Waals surface area contributed by atoms with E-state index in [0.29, 0.717) is 6.61 Å². The first-order valence-corrected chi connectivity index (χ1v) is 10.2. The summed E-state index contributed by atoms with van der Waals surface area (Å²) in [5.74, 6) is 0.894. The molecule has 0 amide bonds. The lowest BCUT2D eigenvalue weighted by atomic mass is 9.99. The normalized spacial score (nSPS) is 15.0. The fourth-order valence-electron chi connectivity index (χ4n) is 3.98. The summed E-state index contributed by atoms with van der Waals surface area (Å²) in [4.78, 5) is 7.07. The predicted molar refractivity (Wildman–Crippen MR) is 117 cm³/mol. The summed E-state index contributed by atoms with van der Waals surface area (Å²) < 4.78 is 11.6. The first-order chi connectivity index (χ1) is 14.4. The Morgan fingerprint density at radius 2 is 1.76 bits per heavy atom. The van der Waals surface area contributed by atoms with Gasteiger partial charge in [-0.15, -0.1) is 0 Å². The van der Waals surface area contributed by atoms with Gasteiger partial charge in [0, 0.05) is 36.8 Å². The average molecular weight is 384 g/mol. The molecule has 2 heterocycles. The minimum atomic E-state index is 0.666. The maximum Gasteiger partial charge on any atom is 0.130 e. The van der Waals surface area contributed by atoms with Crippen LogP contribution in [0.15, 0.2) is 72.9 Å². The number of para-hydroxylation sites is 1. The molecule has 0 aliphatic carbocycles. The summed E-state index contributed by atoms with van der Waals surface area (Å²) in [7, 11) is 0. The van der Waals surface area contributed by atoms with Crippen molar-refractivity contribution in [3.8, 4) is 16.9 Å². The van der Waals surface area contributed by atoms with Crippen molar-refractivity contribution in [1.29, 1.82) is 0 Å². The Hall–Kier alpha value is -2.95. The number of aromatic nitrogens is 1. The van der Waals surface area contributed by atoms with Crippen LogP contribution in [-0.2, 0) is 4.74 Å². The van der Waals surface area contributed by atoms with E-state index in [1.54, 1.807) is 0 Å². The lowest BCUT2D eigenvalue weighted by molar-refractivity contribution is 0.0323. The van der Waals surface area contributed by atoms with E-state index in [4.69, 9.17) is 9.47 Å². The van der Waals surface area contributed by atoms with Crippen molar-refractivity contribution < 1.29 is 9.47 Å². The van der Waals surface area contributed by atoms with Gasteiger partial charge in [0.15, 0.2) is 0 Å². The molecule has 4 heteroatoms. The Morgan fingerprint density at radius 3 is 2.66 bits per heavy atom. The Balaban J connectivity index is 1.44. The van der Waals surface area contributed by atoms with Crippen LogP contribution in [-0.4, -0.2) is 49.3 Å². The molecule has 0 spiro atoms. The molecule has 1 aliphatic rings. The number of hydrogen-bond donors (Lipinski definition) is 0. The maximum atomic E-state index is 6.16. The van der Waals surface area contributed by atoms with Gasteiger partial charge in [-0.25, -0.2) is 0 Å². The molecule has 4 aromatic rings. The molecule has 0 saturated carbocycles. The zero-order valence-electron chi connectivity index (χ0n) is 16.4. The number of fused-ring (bicyclic) bond motifs is 2. The highest BCUT2D eigenvalue weighted by molar-refractivity contribution is 5.99. The van der Waals surface area contributed by atoms with Crippen LogP contribution in [0.2, 0.25) is 0 Å². The van der Waals surface area contributed by atoms with Gasteiger partial charge in [-0.2, -0.15) is 0 Å². The van der Waals surface area contributed by atoms with E-state index in [-0.39, 0.29) is 0 Å². The van der Waals surface area contributed by atoms with Gasteiger partial charge < -0.3 is 9.47 Å². The van der Waals surface area contributed by atoms with Gasteiger partial charge in [0.05, 0.1) is 18.7 Å². The predicted octanol–water partition coefficient (Wildman–Crippen LogP) is 4.77. The molecule has 1 aromatic heterocycles. The van der Waals surface area contributed by atoms with Crippen molar-refractivity contribution in [2.24, 2.45) is 0 Å². The maximum absolute atomic E-state index is 6.16. The summed E-state index contributed by atoms with van der Waals surface area (Å²) in [5, 5.41) is 3.54. The lowest BCUT2D eigenvalue weighted by Gasteiger charge is -2.26. The van der Waals surface area contributed by atoms with Gasteiger partial charge in [-0.3, -0.25) is 9.88 Å². The minimum Gasteiger partial charge on any atom is -0.491 e. The van der Waals surface area contributed by atoms with Crippen LogP contribution < -0.4 is 4.74 Å². The third-order valence-electron chi connectivity index (χ3n) is 5.56. The summed E-state index contributed by atoms with van der Waals surface area (Å²) >= 11 is 0. The van der Waals surface area contributed by atoms with E-state index >= 15 is 0 Å². The third kappa shape index (κ3) is 3.82. The fourth-order valence-corrected chi connectivity index (χ4v) is 3.98. The second-order valence-corrected chi connectivity index (χ2v) is 7.38. The van der Waals surface area contributed by atoms with E-state index in [9.17, 15) is 0 Å². The van der Waals surface area contributed by atoms with E-state index in [1.165, 1.54) is 16.3 Å². The Kier molecular flexibility index (Phi) is 5.11. The van der Waals surface area contributed by atoms with Gasteiger partial charge in [0.1, 0.15) is 12.4 Å². The molecule has 0 N–H and O–H groups in total. The zero-order valence-corrected chi connectivity index (χ0v) is 16.4. The van der Waals surface area contributed by atoms with Gasteiger partial charge >= 0.3 is 0 Å². The Labute approximate surface area is 170 Å². The largest absolute Gasteiger partial charge is 0.491 e. The SMILES string of the molecule is c1ccc2cc(-c3cccc4c(OCCN5CCOCC5)ccnc34)ccc2c1. The second kappa shape index (κ2) is 8.19. The smallest absolute Gasteiger partial charge is 0.130 e. The highest BCUT2D eigenvalue weighted by atomic mass is 16.5. The van der Waals surface area contributed by atoms with Crippen LogP contribution >= 0.6 is 0 Å². The molecule has 0 atom stereocenters. The number of ether oxygens (including phenoxy) is 2.